The second-order valence-electron chi connectivity index (χ2n) is 7.78. The summed E-state index contributed by atoms with van der Waals surface area (Å²) in [5.74, 6) is -0.477. The smallest absolute Gasteiger partial charge is 0.330 e. The van der Waals surface area contributed by atoms with Crippen LogP contribution in [-0.2, 0) is 23.8 Å². The zero-order valence-corrected chi connectivity index (χ0v) is 17.0. The van der Waals surface area contributed by atoms with Gasteiger partial charge in [-0.1, -0.05) is 19.8 Å². The number of unbranched alkanes of at least 4 members (excludes halogenated alkanes) is 2. The molecule has 12 heteroatoms. The largest absolute Gasteiger partial charge is 0.385 e. The van der Waals surface area contributed by atoms with Crippen molar-refractivity contribution >= 4 is 10.1 Å². The Labute approximate surface area is 167 Å². The molecule has 0 unspecified atom stereocenters. The molecule has 3 saturated heterocycles. The van der Waals surface area contributed by atoms with Gasteiger partial charge in [-0.05, 0) is 13.3 Å². The molecule has 1 aromatic rings. The number of nitrogens with zero attached hydrogens (tertiary/aromatic N) is 1. The highest BCUT2D eigenvalue weighted by Gasteiger charge is 2.79. The van der Waals surface area contributed by atoms with Gasteiger partial charge in [0.1, 0.15) is 18.0 Å². The Kier molecular flexibility index (Phi) is 4.99. The number of aliphatic hydroxyl groups excluding tert-OH is 1. The predicted octanol–water partition coefficient (Wildman–Crippen LogP) is -1.29. The molecule has 3 fully saturated rings. The maximum Gasteiger partial charge on any atom is 0.330 e. The van der Waals surface area contributed by atoms with Gasteiger partial charge in [-0.15, -0.1) is 0 Å². The number of aliphatic hydroxyl groups is 1. The fourth-order valence-electron chi connectivity index (χ4n) is 4.46. The van der Waals surface area contributed by atoms with Crippen LogP contribution in [0.2, 0.25) is 0 Å². The van der Waals surface area contributed by atoms with Gasteiger partial charge in [0.05, 0.1) is 0 Å². The Morgan fingerprint density at radius 3 is 2.86 bits per heavy atom. The van der Waals surface area contributed by atoms with Gasteiger partial charge in [0.2, 0.25) is 0 Å². The Balaban J connectivity index is 1.73. The summed E-state index contributed by atoms with van der Waals surface area (Å²) in [5.41, 5.74) is -4.29. The van der Waals surface area contributed by atoms with E-state index in [0.29, 0.717) is 0 Å². The molecule has 11 nitrogen and oxygen atoms in total. The van der Waals surface area contributed by atoms with Gasteiger partial charge in [-0.2, -0.15) is 8.42 Å². The standard InChI is InChI=1S/C17H25N3O8S/c1-3-4-5-6-26-16-9-29(24,25)28-17(16)11(7-18-16)27-14(12(17)21)20-8-10(2)13(22)19-15(20)23/h8,11-12,14,18,21H,3-7,9H2,1-2H3,(H,19,22,23)/t11-,12+,14-,16-,17-/m1/s1. The summed E-state index contributed by atoms with van der Waals surface area (Å²) >= 11 is 0. The summed E-state index contributed by atoms with van der Waals surface area (Å²) in [6, 6.07) is 0. The molecule has 1 aromatic heterocycles. The zero-order valence-electron chi connectivity index (χ0n) is 16.2. The van der Waals surface area contributed by atoms with E-state index in [4.69, 9.17) is 13.7 Å². The molecule has 3 aliphatic heterocycles. The molecular formula is C17H25N3O8S. The molecule has 29 heavy (non-hydrogen) atoms. The van der Waals surface area contributed by atoms with Crippen molar-refractivity contribution in [1.29, 1.82) is 0 Å². The molecule has 3 aliphatic rings. The van der Waals surface area contributed by atoms with Crippen molar-refractivity contribution in [3.63, 3.8) is 0 Å². The molecule has 1 spiro atoms. The van der Waals surface area contributed by atoms with Gasteiger partial charge < -0.3 is 14.6 Å². The first-order valence-corrected chi connectivity index (χ1v) is 11.2. The summed E-state index contributed by atoms with van der Waals surface area (Å²) in [6.07, 6.45) is 0.228. The summed E-state index contributed by atoms with van der Waals surface area (Å²) < 4.78 is 43.1. The van der Waals surface area contributed by atoms with Crippen LogP contribution in [0.5, 0.6) is 0 Å². The highest BCUT2D eigenvalue weighted by atomic mass is 32.2. The van der Waals surface area contributed by atoms with E-state index in [-0.39, 0.29) is 18.7 Å². The first kappa shape index (κ1) is 20.7. The molecule has 0 radical (unpaired) electrons. The number of aromatic amines is 1. The van der Waals surface area contributed by atoms with Crippen molar-refractivity contribution in [3.8, 4) is 0 Å². The van der Waals surface area contributed by atoms with Gasteiger partial charge in [0, 0.05) is 24.9 Å². The average Bonchev–Trinajstić information content (AvgIpc) is 3.17. The molecule has 4 heterocycles. The lowest BCUT2D eigenvalue weighted by atomic mass is 9.85. The number of hydrogen-bond acceptors (Lipinski definition) is 9. The minimum absolute atomic E-state index is 0.175. The van der Waals surface area contributed by atoms with Crippen LogP contribution in [0.4, 0.5) is 0 Å². The summed E-state index contributed by atoms with van der Waals surface area (Å²) in [4.78, 5) is 26.1. The van der Waals surface area contributed by atoms with E-state index in [1.807, 2.05) is 6.92 Å². The number of aromatic nitrogens is 2. The van der Waals surface area contributed by atoms with Gasteiger partial charge >= 0.3 is 5.69 Å². The number of nitrogens with one attached hydrogen (secondary N) is 2. The second-order valence-corrected chi connectivity index (χ2v) is 9.35. The third kappa shape index (κ3) is 3.01. The monoisotopic (exact) mass is 431 g/mol. The van der Waals surface area contributed by atoms with E-state index in [1.54, 1.807) is 0 Å². The van der Waals surface area contributed by atoms with Crippen molar-refractivity contribution in [2.75, 3.05) is 18.9 Å². The van der Waals surface area contributed by atoms with Crippen LogP contribution in [-0.4, -0.2) is 65.5 Å². The molecule has 0 amide bonds. The summed E-state index contributed by atoms with van der Waals surface area (Å²) in [5, 5.41) is 14.2. The van der Waals surface area contributed by atoms with Gasteiger partial charge in [0.15, 0.2) is 17.6 Å². The maximum atomic E-state index is 12.4. The highest BCUT2D eigenvalue weighted by Crippen LogP contribution is 2.54. The van der Waals surface area contributed by atoms with E-state index < -0.39 is 56.9 Å². The SMILES string of the molecule is CCCCCO[C@]12CS(=O)(=O)O[C@@]13[C@@H](CN2)O[C@@H](n1cc(C)c(=O)[nH]c1=O)[C@@H]3O. The first-order valence-electron chi connectivity index (χ1n) is 9.64. The second kappa shape index (κ2) is 7.00. The fourth-order valence-corrected chi connectivity index (χ4v) is 6.19. The Bertz CT molecular complexity index is 1020. The van der Waals surface area contributed by atoms with Crippen LogP contribution in [0.25, 0.3) is 0 Å². The van der Waals surface area contributed by atoms with Crippen LogP contribution in [0.3, 0.4) is 0 Å². The molecule has 0 bridgehead atoms. The maximum absolute atomic E-state index is 12.4. The molecule has 3 N–H and O–H groups in total. The quantitative estimate of drug-likeness (QED) is 0.369. The Morgan fingerprint density at radius 2 is 2.14 bits per heavy atom. The number of rotatable bonds is 6. The third-order valence-electron chi connectivity index (χ3n) is 5.86. The minimum Gasteiger partial charge on any atom is -0.385 e. The lowest BCUT2D eigenvalue weighted by molar-refractivity contribution is -0.172. The van der Waals surface area contributed by atoms with E-state index in [9.17, 15) is 23.1 Å². The van der Waals surface area contributed by atoms with E-state index in [2.05, 4.69) is 10.3 Å². The average molecular weight is 431 g/mol. The van der Waals surface area contributed by atoms with Crippen LogP contribution in [0.1, 0.15) is 38.0 Å². The zero-order chi connectivity index (χ0) is 21.0. The molecule has 0 aliphatic carbocycles. The molecular weight excluding hydrogens is 406 g/mol. The number of H-pyrrole nitrogens is 1. The Hall–Kier alpha value is -1.57. The minimum atomic E-state index is -4.01. The van der Waals surface area contributed by atoms with Crippen molar-refractivity contribution in [3.05, 3.63) is 32.6 Å². The first-order chi connectivity index (χ1) is 13.7. The van der Waals surface area contributed by atoms with E-state index in [1.165, 1.54) is 13.1 Å². The van der Waals surface area contributed by atoms with Gasteiger partial charge in [0.25, 0.3) is 15.7 Å². The fraction of sp³-hybridized carbons (Fsp3) is 0.765. The lowest BCUT2D eigenvalue weighted by Crippen LogP contribution is -2.64. The van der Waals surface area contributed by atoms with E-state index in [0.717, 1.165) is 23.8 Å². The molecule has 0 aromatic carbocycles. The molecule has 0 saturated carbocycles. The van der Waals surface area contributed by atoms with Gasteiger partial charge in [-0.3, -0.25) is 23.8 Å². The lowest BCUT2D eigenvalue weighted by Gasteiger charge is -2.38. The normalized spacial score (nSPS) is 37.6. The Morgan fingerprint density at radius 1 is 1.38 bits per heavy atom. The van der Waals surface area contributed by atoms with Gasteiger partial charge in [-0.25, -0.2) is 4.79 Å². The molecule has 4 rings (SSSR count). The number of ether oxygens (including phenoxy) is 2. The summed E-state index contributed by atoms with van der Waals surface area (Å²) in [7, 11) is -4.01. The van der Waals surface area contributed by atoms with E-state index >= 15 is 0 Å². The van der Waals surface area contributed by atoms with Crippen molar-refractivity contribution < 1.29 is 27.2 Å². The van der Waals surface area contributed by atoms with Crippen molar-refractivity contribution in [2.24, 2.45) is 0 Å². The molecule has 162 valence electrons. The number of hydrogen-bond donors (Lipinski definition) is 3. The van der Waals surface area contributed by atoms with Crippen LogP contribution in [0.15, 0.2) is 15.8 Å². The third-order valence-corrected chi connectivity index (χ3v) is 7.15. The van der Waals surface area contributed by atoms with Crippen LogP contribution < -0.4 is 16.6 Å². The predicted molar refractivity (Wildman–Crippen MR) is 99.8 cm³/mol. The topological polar surface area (TPSA) is 149 Å². The molecule has 5 atom stereocenters. The number of aryl methyl sites for hydroxylation is 1. The van der Waals surface area contributed by atoms with Crippen molar-refractivity contribution in [1.82, 2.24) is 14.9 Å². The summed E-state index contributed by atoms with van der Waals surface area (Å²) in [6.45, 7) is 4.00. The van der Waals surface area contributed by atoms with Crippen molar-refractivity contribution in [2.45, 2.75) is 62.9 Å². The highest BCUT2D eigenvalue weighted by molar-refractivity contribution is 7.87. The van der Waals surface area contributed by atoms with Crippen LogP contribution >= 0.6 is 0 Å². The van der Waals surface area contributed by atoms with Crippen LogP contribution in [0, 0.1) is 6.92 Å².